The number of rotatable bonds is 2. The second-order valence-corrected chi connectivity index (χ2v) is 5.65. The number of nitrogens with two attached hydrogens (primary N) is 1. The first-order valence-electron chi connectivity index (χ1n) is 6.60. The highest BCUT2D eigenvalue weighted by Gasteiger charge is 2.18. The summed E-state index contributed by atoms with van der Waals surface area (Å²) in [5, 5.41) is 0. The van der Waals surface area contributed by atoms with Gasteiger partial charge in [-0.05, 0) is 44.2 Å². The Balaban J connectivity index is 2.30. The van der Waals surface area contributed by atoms with Crippen molar-refractivity contribution in [2.45, 2.75) is 33.1 Å². The predicted octanol–water partition coefficient (Wildman–Crippen LogP) is 2.65. The third-order valence-corrected chi connectivity index (χ3v) is 3.82. The first kappa shape index (κ1) is 13.3. The zero-order valence-corrected chi connectivity index (χ0v) is 12.0. The van der Waals surface area contributed by atoms with Crippen LogP contribution in [-0.2, 0) is 0 Å². The van der Waals surface area contributed by atoms with Gasteiger partial charge in [-0.25, -0.2) is 4.98 Å². The van der Waals surface area contributed by atoms with Gasteiger partial charge in [0, 0.05) is 18.8 Å². The van der Waals surface area contributed by atoms with Crippen LogP contribution in [0.4, 0.5) is 5.82 Å². The SMILES string of the molecule is Cc1ccc(C(N)=S)c(N2CCCC(C)CC2)n1. The number of nitrogens with zero attached hydrogens (tertiary/aromatic N) is 2. The van der Waals surface area contributed by atoms with E-state index < -0.39 is 0 Å². The molecule has 0 aromatic carbocycles. The van der Waals surface area contributed by atoms with Gasteiger partial charge in [-0.3, -0.25) is 0 Å². The van der Waals surface area contributed by atoms with E-state index >= 15 is 0 Å². The number of pyridine rings is 1. The monoisotopic (exact) mass is 263 g/mol. The highest BCUT2D eigenvalue weighted by Crippen LogP contribution is 2.24. The molecular weight excluding hydrogens is 242 g/mol. The molecular formula is C14H21N3S. The molecule has 1 fully saturated rings. The third-order valence-electron chi connectivity index (χ3n) is 3.60. The average molecular weight is 263 g/mol. The van der Waals surface area contributed by atoms with Crippen LogP contribution in [0.5, 0.6) is 0 Å². The van der Waals surface area contributed by atoms with Gasteiger partial charge in [0.2, 0.25) is 0 Å². The smallest absolute Gasteiger partial charge is 0.139 e. The van der Waals surface area contributed by atoms with Crippen molar-refractivity contribution in [3.63, 3.8) is 0 Å². The molecule has 2 N–H and O–H groups in total. The Morgan fingerprint density at radius 3 is 2.89 bits per heavy atom. The van der Waals surface area contributed by atoms with Crippen molar-refractivity contribution in [3.8, 4) is 0 Å². The number of aromatic nitrogens is 1. The Labute approximate surface area is 114 Å². The van der Waals surface area contributed by atoms with Crippen LogP contribution >= 0.6 is 12.2 Å². The first-order chi connectivity index (χ1) is 8.58. The van der Waals surface area contributed by atoms with E-state index in [9.17, 15) is 0 Å². The number of aryl methyl sites for hydroxylation is 1. The summed E-state index contributed by atoms with van der Waals surface area (Å²) in [6.45, 7) is 6.43. The van der Waals surface area contributed by atoms with E-state index in [4.69, 9.17) is 18.0 Å². The average Bonchev–Trinajstić information content (AvgIpc) is 2.53. The number of hydrogen-bond acceptors (Lipinski definition) is 3. The third kappa shape index (κ3) is 2.99. The van der Waals surface area contributed by atoms with Crippen LogP contribution < -0.4 is 10.6 Å². The van der Waals surface area contributed by atoms with E-state index in [1.807, 2.05) is 19.1 Å². The van der Waals surface area contributed by atoms with Gasteiger partial charge in [0.05, 0.1) is 5.56 Å². The van der Waals surface area contributed by atoms with Gasteiger partial charge in [-0.15, -0.1) is 0 Å². The molecule has 2 rings (SSSR count). The van der Waals surface area contributed by atoms with E-state index in [-0.39, 0.29) is 0 Å². The maximum Gasteiger partial charge on any atom is 0.139 e. The zero-order valence-electron chi connectivity index (χ0n) is 11.1. The topological polar surface area (TPSA) is 42.1 Å². The van der Waals surface area contributed by atoms with Gasteiger partial charge in [0.25, 0.3) is 0 Å². The lowest BCUT2D eigenvalue weighted by molar-refractivity contribution is 0.521. The molecule has 1 aliphatic rings. The Bertz CT molecular complexity index is 445. The quantitative estimate of drug-likeness (QED) is 0.833. The normalized spacial score (nSPS) is 20.6. The molecule has 1 aliphatic heterocycles. The van der Waals surface area contributed by atoms with Gasteiger partial charge < -0.3 is 10.6 Å². The maximum atomic E-state index is 5.80. The fraction of sp³-hybridized carbons (Fsp3) is 0.571. The molecule has 98 valence electrons. The molecule has 0 amide bonds. The second kappa shape index (κ2) is 5.65. The van der Waals surface area contributed by atoms with Gasteiger partial charge in [-0.1, -0.05) is 19.1 Å². The number of anilines is 1. The molecule has 4 heteroatoms. The summed E-state index contributed by atoms with van der Waals surface area (Å²) >= 11 is 5.13. The maximum absolute atomic E-state index is 5.80. The van der Waals surface area contributed by atoms with Crippen LogP contribution in [-0.4, -0.2) is 23.1 Å². The van der Waals surface area contributed by atoms with Crippen molar-refractivity contribution in [1.82, 2.24) is 4.98 Å². The fourth-order valence-corrected chi connectivity index (χ4v) is 2.61. The molecule has 18 heavy (non-hydrogen) atoms. The summed E-state index contributed by atoms with van der Waals surface area (Å²) in [6, 6.07) is 3.97. The Kier molecular flexibility index (Phi) is 4.17. The van der Waals surface area contributed by atoms with Crippen molar-refractivity contribution in [2.24, 2.45) is 11.7 Å². The van der Waals surface area contributed by atoms with E-state index in [0.717, 1.165) is 36.1 Å². The van der Waals surface area contributed by atoms with E-state index in [1.165, 1.54) is 19.3 Å². The molecule has 3 nitrogen and oxygen atoms in total. The second-order valence-electron chi connectivity index (χ2n) is 5.21. The lowest BCUT2D eigenvalue weighted by Gasteiger charge is -2.24. The molecule has 0 radical (unpaired) electrons. The van der Waals surface area contributed by atoms with Gasteiger partial charge in [0.15, 0.2) is 0 Å². The lowest BCUT2D eigenvalue weighted by Crippen LogP contribution is -2.28. The molecule has 1 saturated heterocycles. The molecule has 0 spiro atoms. The van der Waals surface area contributed by atoms with Gasteiger partial charge >= 0.3 is 0 Å². The molecule has 1 aromatic rings. The van der Waals surface area contributed by atoms with Crippen molar-refractivity contribution in [2.75, 3.05) is 18.0 Å². The van der Waals surface area contributed by atoms with Crippen molar-refractivity contribution in [1.29, 1.82) is 0 Å². The molecule has 1 unspecified atom stereocenters. The molecule has 1 aromatic heterocycles. The molecule has 0 saturated carbocycles. The van der Waals surface area contributed by atoms with Crippen molar-refractivity contribution < 1.29 is 0 Å². The molecule has 1 atom stereocenters. The standard InChI is InChI=1S/C14H21N3S/c1-10-4-3-8-17(9-7-10)14-12(13(15)18)6-5-11(2)16-14/h5-6,10H,3-4,7-9H2,1-2H3,(H2,15,18). The highest BCUT2D eigenvalue weighted by molar-refractivity contribution is 7.80. The minimum atomic E-state index is 0.440. The van der Waals surface area contributed by atoms with Crippen molar-refractivity contribution >= 4 is 23.0 Å². The molecule has 0 aliphatic carbocycles. The summed E-state index contributed by atoms with van der Waals surface area (Å²) in [6.07, 6.45) is 3.73. The summed E-state index contributed by atoms with van der Waals surface area (Å²) < 4.78 is 0. The Hall–Kier alpha value is -1.16. The van der Waals surface area contributed by atoms with Crippen LogP contribution in [0.1, 0.15) is 37.4 Å². The Morgan fingerprint density at radius 1 is 1.39 bits per heavy atom. The molecule has 0 bridgehead atoms. The first-order valence-corrected chi connectivity index (χ1v) is 7.01. The fourth-order valence-electron chi connectivity index (χ4n) is 2.45. The predicted molar refractivity (Wildman–Crippen MR) is 80.1 cm³/mol. The zero-order chi connectivity index (χ0) is 13.1. The van der Waals surface area contributed by atoms with Crippen molar-refractivity contribution in [3.05, 3.63) is 23.4 Å². The minimum Gasteiger partial charge on any atom is -0.389 e. The van der Waals surface area contributed by atoms with E-state index in [0.29, 0.717) is 4.99 Å². The summed E-state index contributed by atoms with van der Waals surface area (Å²) in [4.78, 5) is 7.42. The van der Waals surface area contributed by atoms with E-state index in [1.54, 1.807) is 0 Å². The Morgan fingerprint density at radius 2 is 2.17 bits per heavy atom. The van der Waals surface area contributed by atoms with E-state index in [2.05, 4.69) is 16.8 Å². The molecule has 2 heterocycles. The van der Waals surface area contributed by atoms with Crippen LogP contribution in [0.15, 0.2) is 12.1 Å². The van der Waals surface area contributed by atoms with Crippen LogP contribution in [0.25, 0.3) is 0 Å². The number of hydrogen-bond donors (Lipinski definition) is 1. The highest BCUT2D eigenvalue weighted by atomic mass is 32.1. The lowest BCUT2D eigenvalue weighted by atomic mass is 10.0. The van der Waals surface area contributed by atoms with Gasteiger partial charge in [0.1, 0.15) is 10.8 Å². The minimum absolute atomic E-state index is 0.440. The van der Waals surface area contributed by atoms with Gasteiger partial charge in [-0.2, -0.15) is 0 Å². The summed E-state index contributed by atoms with van der Waals surface area (Å²) in [5.74, 6) is 1.77. The largest absolute Gasteiger partial charge is 0.389 e. The summed E-state index contributed by atoms with van der Waals surface area (Å²) in [5.41, 5.74) is 7.73. The number of thiocarbonyl (C=S) groups is 1. The van der Waals surface area contributed by atoms with Crippen LogP contribution in [0, 0.1) is 12.8 Å². The summed E-state index contributed by atoms with van der Waals surface area (Å²) in [7, 11) is 0. The van der Waals surface area contributed by atoms with Crippen LogP contribution in [0.3, 0.4) is 0 Å². The van der Waals surface area contributed by atoms with Crippen LogP contribution in [0.2, 0.25) is 0 Å².